The number of benzene rings is 3. The molecule has 0 heterocycles. The number of nitrogens with zero attached hydrogens (tertiary/aromatic N) is 2. The van der Waals surface area contributed by atoms with Crippen molar-refractivity contribution in [1.82, 2.24) is 0 Å². The summed E-state index contributed by atoms with van der Waals surface area (Å²) in [5.41, 5.74) is 1.27. The molecule has 0 unspecified atom stereocenters. The number of non-ortho nitro benzene ring substituents is 1. The van der Waals surface area contributed by atoms with Crippen molar-refractivity contribution in [3.63, 3.8) is 0 Å². The first-order valence-electron chi connectivity index (χ1n) is 10.3. The van der Waals surface area contributed by atoms with E-state index in [1.54, 1.807) is 36.4 Å². The second kappa shape index (κ2) is 11.9. The van der Waals surface area contributed by atoms with Crippen LogP contribution in [0.5, 0.6) is 11.5 Å². The third kappa shape index (κ3) is 6.96. The lowest BCUT2D eigenvalue weighted by Crippen LogP contribution is -2.13. The lowest BCUT2D eigenvalue weighted by atomic mass is 10.1. The quantitative estimate of drug-likeness (QED) is 0.153. The highest BCUT2D eigenvalue weighted by atomic mass is 35.5. The second-order valence-electron chi connectivity index (χ2n) is 7.11. The molecule has 1 N–H and O–H groups in total. The number of ether oxygens (including phenoxy) is 2. The zero-order valence-electron chi connectivity index (χ0n) is 18.5. The normalized spacial score (nSPS) is 10.9. The van der Waals surface area contributed by atoms with E-state index in [1.165, 1.54) is 30.3 Å². The van der Waals surface area contributed by atoms with Gasteiger partial charge in [0.1, 0.15) is 24.0 Å². The van der Waals surface area contributed by atoms with Crippen LogP contribution in [0.1, 0.15) is 18.1 Å². The van der Waals surface area contributed by atoms with Crippen LogP contribution < -0.4 is 14.8 Å². The molecule has 3 rings (SSSR count). The number of carbonyl (C=O) groups is 1. The molecule has 3 aromatic carbocycles. The van der Waals surface area contributed by atoms with Crippen molar-refractivity contribution in [2.24, 2.45) is 0 Å². The Kier molecular flexibility index (Phi) is 8.68. The first kappa shape index (κ1) is 25.6. The number of hydrogen-bond donors (Lipinski definition) is 1. The average Bonchev–Trinajstić information content (AvgIpc) is 2.83. The number of nitro groups is 1. The predicted octanol–water partition coefficient (Wildman–Crippen LogP) is 6.42. The molecule has 10 heteroatoms. The number of rotatable bonds is 9. The Balaban J connectivity index is 1.73. The molecule has 0 saturated carbocycles. The van der Waals surface area contributed by atoms with Gasteiger partial charge < -0.3 is 14.8 Å². The van der Waals surface area contributed by atoms with Gasteiger partial charge in [0, 0.05) is 17.8 Å². The SMILES string of the molecule is CCOc1ccc(NC(=O)/C(C#N)=C\c2cc(Cl)c(OCc3cccc([N+](=O)[O-])c3)c(Cl)c2)cc1. The maximum absolute atomic E-state index is 12.6. The zero-order valence-corrected chi connectivity index (χ0v) is 20.0. The van der Waals surface area contributed by atoms with E-state index in [-0.39, 0.29) is 33.7 Å². The zero-order chi connectivity index (χ0) is 25.4. The third-order valence-electron chi connectivity index (χ3n) is 4.62. The van der Waals surface area contributed by atoms with E-state index in [0.717, 1.165) is 0 Å². The van der Waals surface area contributed by atoms with Gasteiger partial charge in [-0.15, -0.1) is 0 Å². The number of nitro benzene ring substituents is 1. The van der Waals surface area contributed by atoms with E-state index in [1.807, 2.05) is 13.0 Å². The Morgan fingerprint density at radius 3 is 2.40 bits per heavy atom. The van der Waals surface area contributed by atoms with Gasteiger partial charge in [-0.25, -0.2) is 0 Å². The summed E-state index contributed by atoms with van der Waals surface area (Å²) in [4.78, 5) is 23.0. The van der Waals surface area contributed by atoms with Gasteiger partial charge in [-0.1, -0.05) is 35.3 Å². The van der Waals surface area contributed by atoms with Crippen LogP contribution in [0.15, 0.2) is 66.2 Å². The molecule has 8 nitrogen and oxygen atoms in total. The van der Waals surface area contributed by atoms with Crippen molar-refractivity contribution in [1.29, 1.82) is 5.26 Å². The van der Waals surface area contributed by atoms with E-state index in [4.69, 9.17) is 32.7 Å². The summed E-state index contributed by atoms with van der Waals surface area (Å²) in [6.45, 7) is 2.40. The topological polar surface area (TPSA) is 114 Å². The van der Waals surface area contributed by atoms with Crippen LogP contribution in [0, 0.1) is 21.4 Å². The summed E-state index contributed by atoms with van der Waals surface area (Å²) in [5.74, 6) is 0.239. The van der Waals surface area contributed by atoms with Crippen molar-refractivity contribution in [2.45, 2.75) is 13.5 Å². The molecule has 35 heavy (non-hydrogen) atoms. The van der Waals surface area contributed by atoms with E-state index < -0.39 is 10.8 Å². The van der Waals surface area contributed by atoms with Gasteiger partial charge in [-0.2, -0.15) is 5.26 Å². The van der Waals surface area contributed by atoms with Crippen LogP contribution in [0.2, 0.25) is 10.0 Å². The summed E-state index contributed by atoms with van der Waals surface area (Å²) in [7, 11) is 0. The molecule has 0 aliphatic heterocycles. The monoisotopic (exact) mass is 511 g/mol. The number of carbonyl (C=O) groups excluding carboxylic acids is 1. The van der Waals surface area contributed by atoms with Gasteiger partial charge in [-0.3, -0.25) is 14.9 Å². The fraction of sp³-hybridized carbons (Fsp3) is 0.120. The Hall–Kier alpha value is -4.06. The van der Waals surface area contributed by atoms with Crippen molar-refractivity contribution in [2.75, 3.05) is 11.9 Å². The lowest BCUT2D eigenvalue weighted by molar-refractivity contribution is -0.384. The Bertz CT molecular complexity index is 1290. The fourth-order valence-electron chi connectivity index (χ4n) is 3.03. The maximum atomic E-state index is 12.6. The highest BCUT2D eigenvalue weighted by molar-refractivity contribution is 6.37. The molecule has 0 bridgehead atoms. The maximum Gasteiger partial charge on any atom is 0.269 e. The number of anilines is 1. The molecular weight excluding hydrogens is 493 g/mol. The Morgan fingerprint density at radius 1 is 1.11 bits per heavy atom. The summed E-state index contributed by atoms with van der Waals surface area (Å²) in [6.07, 6.45) is 1.35. The molecule has 0 saturated heterocycles. The largest absolute Gasteiger partial charge is 0.494 e. The van der Waals surface area contributed by atoms with Crippen LogP contribution in [0.3, 0.4) is 0 Å². The van der Waals surface area contributed by atoms with Crippen LogP contribution in [-0.4, -0.2) is 17.4 Å². The van der Waals surface area contributed by atoms with Gasteiger partial charge in [0.15, 0.2) is 5.75 Å². The highest BCUT2D eigenvalue weighted by Crippen LogP contribution is 2.35. The molecule has 1 amide bonds. The van der Waals surface area contributed by atoms with E-state index in [9.17, 15) is 20.2 Å². The minimum Gasteiger partial charge on any atom is -0.494 e. The number of amides is 1. The van der Waals surface area contributed by atoms with Crippen molar-refractivity contribution in [3.05, 3.63) is 97.5 Å². The standard InChI is InChI=1S/C25H19Cl2N3O5/c1-2-34-21-8-6-19(7-9-21)29-25(31)18(14-28)10-17-12-22(26)24(23(27)13-17)35-15-16-4-3-5-20(11-16)30(32)33/h3-13H,2,15H2,1H3,(H,29,31)/b18-10-. The number of hydrogen-bond acceptors (Lipinski definition) is 6. The minimum absolute atomic E-state index is 0.00421. The first-order valence-corrected chi connectivity index (χ1v) is 11.1. The van der Waals surface area contributed by atoms with Gasteiger partial charge in [0.25, 0.3) is 11.6 Å². The number of nitriles is 1. The average molecular weight is 512 g/mol. The second-order valence-corrected chi connectivity index (χ2v) is 7.93. The molecule has 0 radical (unpaired) electrons. The summed E-state index contributed by atoms with van der Waals surface area (Å²) in [5, 5.41) is 23.4. The molecule has 0 atom stereocenters. The summed E-state index contributed by atoms with van der Waals surface area (Å²) < 4.78 is 11.0. The van der Waals surface area contributed by atoms with Crippen molar-refractivity contribution < 1.29 is 19.2 Å². The number of halogens is 2. The van der Waals surface area contributed by atoms with Crippen LogP contribution in [-0.2, 0) is 11.4 Å². The van der Waals surface area contributed by atoms with Crippen molar-refractivity contribution in [3.8, 4) is 17.6 Å². The van der Waals surface area contributed by atoms with Crippen LogP contribution in [0.4, 0.5) is 11.4 Å². The smallest absolute Gasteiger partial charge is 0.269 e. The molecule has 0 aromatic heterocycles. The molecule has 0 fully saturated rings. The van der Waals surface area contributed by atoms with Gasteiger partial charge in [0.05, 0.1) is 21.6 Å². The van der Waals surface area contributed by atoms with Crippen LogP contribution in [0.25, 0.3) is 6.08 Å². The van der Waals surface area contributed by atoms with Gasteiger partial charge in [0.2, 0.25) is 0 Å². The lowest BCUT2D eigenvalue weighted by Gasteiger charge is -2.11. The predicted molar refractivity (Wildman–Crippen MR) is 134 cm³/mol. The molecule has 3 aromatic rings. The highest BCUT2D eigenvalue weighted by Gasteiger charge is 2.14. The van der Waals surface area contributed by atoms with Gasteiger partial charge >= 0.3 is 0 Å². The molecule has 0 spiro atoms. The number of nitrogens with one attached hydrogen (secondary N) is 1. The molecule has 0 aliphatic carbocycles. The molecule has 178 valence electrons. The van der Waals surface area contributed by atoms with Crippen LogP contribution >= 0.6 is 23.2 Å². The van der Waals surface area contributed by atoms with Gasteiger partial charge in [-0.05, 0) is 60.5 Å². The Morgan fingerprint density at radius 2 is 1.80 bits per heavy atom. The first-order chi connectivity index (χ1) is 16.8. The summed E-state index contributed by atoms with van der Waals surface area (Å²) >= 11 is 12.6. The van der Waals surface area contributed by atoms with E-state index in [0.29, 0.717) is 29.2 Å². The van der Waals surface area contributed by atoms with E-state index in [2.05, 4.69) is 5.32 Å². The summed E-state index contributed by atoms with van der Waals surface area (Å²) in [6, 6.07) is 17.6. The fourth-order valence-corrected chi connectivity index (χ4v) is 3.64. The molecular formula is C25H19Cl2N3O5. The van der Waals surface area contributed by atoms with E-state index >= 15 is 0 Å². The minimum atomic E-state index is -0.602. The third-order valence-corrected chi connectivity index (χ3v) is 5.19. The van der Waals surface area contributed by atoms with Crippen molar-refractivity contribution >= 4 is 46.6 Å². The Labute approximate surface area is 211 Å². The molecule has 0 aliphatic rings.